The van der Waals surface area contributed by atoms with E-state index in [1.54, 1.807) is 6.07 Å². The molecule has 1 aliphatic heterocycles. The van der Waals surface area contributed by atoms with Gasteiger partial charge in [0.2, 0.25) is 0 Å². The van der Waals surface area contributed by atoms with Crippen LogP contribution in [0.2, 0.25) is 0 Å². The minimum absolute atomic E-state index is 0.159. The Morgan fingerprint density at radius 1 is 1.50 bits per heavy atom. The Labute approximate surface area is 103 Å². The van der Waals surface area contributed by atoms with E-state index >= 15 is 0 Å². The monoisotopic (exact) mass is 287 g/mol. The van der Waals surface area contributed by atoms with Crippen LogP contribution >= 0.6 is 15.9 Å². The zero-order chi connectivity index (χ0) is 11.5. The molecule has 88 valence electrons. The second kappa shape index (κ2) is 5.25. The molecule has 0 amide bonds. The third kappa shape index (κ3) is 2.44. The number of aliphatic hydroxyl groups is 1. The molecular weight excluding hydrogens is 273 g/mol. The minimum atomic E-state index is -0.182. The topological polar surface area (TPSA) is 23.5 Å². The van der Waals surface area contributed by atoms with E-state index in [0.29, 0.717) is 12.1 Å². The Morgan fingerprint density at radius 3 is 3.00 bits per heavy atom. The van der Waals surface area contributed by atoms with Gasteiger partial charge in [-0.3, -0.25) is 4.90 Å². The molecule has 0 aliphatic carbocycles. The van der Waals surface area contributed by atoms with Gasteiger partial charge in [-0.05, 0) is 31.5 Å². The number of hydrogen-bond donors (Lipinski definition) is 1. The van der Waals surface area contributed by atoms with E-state index < -0.39 is 0 Å². The van der Waals surface area contributed by atoms with Gasteiger partial charge < -0.3 is 5.11 Å². The van der Waals surface area contributed by atoms with Gasteiger partial charge in [-0.2, -0.15) is 0 Å². The van der Waals surface area contributed by atoms with Crippen LogP contribution < -0.4 is 0 Å². The Hall–Kier alpha value is -0.450. The van der Waals surface area contributed by atoms with Gasteiger partial charge in [-0.25, -0.2) is 4.39 Å². The molecule has 0 saturated carbocycles. The van der Waals surface area contributed by atoms with E-state index in [9.17, 15) is 9.50 Å². The molecule has 2 nitrogen and oxygen atoms in total. The lowest BCUT2D eigenvalue weighted by Gasteiger charge is -2.23. The van der Waals surface area contributed by atoms with Gasteiger partial charge in [-0.15, -0.1) is 0 Å². The van der Waals surface area contributed by atoms with E-state index in [1.165, 1.54) is 6.07 Å². The first kappa shape index (κ1) is 12.0. The minimum Gasteiger partial charge on any atom is -0.395 e. The molecule has 1 aromatic carbocycles. The van der Waals surface area contributed by atoms with Crippen molar-refractivity contribution in [2.45, 2.75) is 25.4 Å². The summed E-state index contributed by atoms with van der Waals surface area (Å²) in [7, 11) is 0. The fourth-order valence-electron chi connectivity index (χ4n) is 2.20. The number of benzene rings is 1. The number of rotatable bonds is 3. The highest BCUT2D eigenvalue weighted by molar-refractivity contribution is 9.10. The van der Waals surface area contributed by atoms with Crippen LogP contribution in [0.15, 0.2) is 22.7 Å². The zero-order valence-corrected chi connectivity index (χ0v) is 10.6. The van der Waals surface area contributed by atoms with Gasteiger partial charge in [0.15, 0.2) is 0 Å². The smallest absolute Gasteiger partial charge is 0.128 e. The van der Waals surface area contributed by atoms with Crippen LogP contribution in [-0.2, 0) is 6.54 Å². The summed E-state index contributed by atoms with van der Waals surface area (Å²) in [6.07, 6.45) is 2.08. The molecule has 0 spiro atoms. The van der Waals surface area contributed by atoms with E-state index in [0.717, 1.165) is 23.9 Å². The lowest BCUT2D eigenvalue weighted by atomic mass is 10.2. The summed E-state index contributed by atoms with van der Waals surface area (Å²) in [5.74, 6) is -0.182. The van der Waals surface area contributed by atoms with Crippen molar-refractivity contribution < 1.29 is 9.50 Å². The van der Waals surface area contributed by atoms with Gasteiger partial charge in [-0.1, -0.05) is 22.0 Å². The molecule has 1 aromatic rings. The highest BCUT2D eigenvalue weighted by atomic mass is 79.9. The Bertz CT molecular complexity index is 352. The van der Waals surface area contributed by atoms with E-state index in [4.69, 9.17) is 0 Å². The molecule has 1 heterocycles. The van der Waals surface area contributed by atoms with E-state index in [-0.39, 0.29) is 18.5 Å². The SMILES string of the molecule is OC[C@H]1CCCN1Cc1c(F)cccc1Br. The molecule has 0 unspecified atom stereocenters. The summed E-state index contributed by atoms with van der Waals surface area (Å²) in [5, 5.41) is 9.21. The molecule has 0 radical (unpaired) electrons. The molecule has 0 aromatic heterocycles. The summed E-state index contributed by atoms with van der Waals surface area (Å²) < 4.78 is 14.4. The number of likely N-dealkylation sites (tertiary alicyclic amines) is 1. The van der Waals surface area contributed by atoms with Crippen molar-refractivity contribution >= 4 is 15.9 Å². The molecule has 16 heavy (non-hydrogen) atoms. The lowest BCUT2D eigenvalue weighted by molar-refractivity contribution is 0.152. The van der Waals surface area contributed by atoms with Crippen molar-refractivity contribution in [2.75, 3.05) is 13.2 Å². The van der Waals surface area contributed by atoms with Gasteiger partial charge in [0.1, 0.15) is 5.82 Å². The van der Waals surface area contributed by atoms with Crippen LogP contribution in [0.5, 0.6) is 0 Å². The molecule has 1 aliphatic rings. The number of aliphatic hydroxyl groups excluding tert-OH is 1. The van der Waals surface area contributed by atoms with Crippen LogP contribution in [0.3, 0.4) is 0 Å². The maximum absolute atomic E-state index is 13.6. The van der Waals surface area contributed by atoms with Crippen LogP contribution in [0.25, 0.3) is 0 Å². The highest BCUT2D eigenvalue weighted by Crippen LogP contribution is 2.25. The van der Waals surface area contributed by atoms with Crippen LogP contribution in [0.1, 0.15) is 18.4 Å². The molecule has 4 heteroatoms. The van der Waals surface area contributed by atoms with Crippen LogP contribution in [0, 0.1) is 5.82 Å². The summed E-state index contributed by atoms with van der Waals surface area (Å²) >= 11 is 3.37. The van der Waals surface area contributed by atoms with Gasteiger partial charge in [0, 0.05) is 22.6 Å². The first-order chi connectivity index (χ1) is 7.72. The molecule has 0 bridgehead atoms. The predicted molar refractivity (Wildman–Crippen MR) is 64.6 cm³/mol. The van der Waals surface area contributed by atoms with Crippen LogP contribution in [-0.4, -0.2) is 29.2 Å². The Kier molecular flexibility index (Phi) is 3.95. The van der Waals surface area contributed by atoms with Gasteiger partial charge >= 0.3 is 0 Å². The van der Waals surface area contributed by atoms with Crippen molar-refractivity contribution in [2.24, 2.45) is 0 Å². The molecule has 1 atom stereocenters. The quantitative estimate of drug-likeness (QED) is 0.924. The highest BCUT2D eigenvalue weighted by Gasteiger charge is 2.24. The van der Waals surface area contributed by atoms with Crippen molar-refractivity contribution in [3.8, 4) is 0 Å². The van der Waals surface area contributed by atoms with Crippen molar-refractivity contribution in [3.63, 3.8) is 0 Å². The molecule has 2 rings (SSSR count). The average molecular weight is 288 g/mol. The van der Waals surface area contributed by atoms with Gasteiger partial charge in [0.05, 0.1) is 6.61 Å². The molecule has 1 saturated heterocycles. The third-order valence-electron chi connectivity index (χ3n) is 3.13. The summed E-state index contributed by atoms with van der Waals surface area (Å²) in [5.41, 5.74) is 0.683. The first-order valence-electron chi connectivity index (χ1n) is 5.50. The molecule has 1 N–H and O–H groups in total. The Morgan fingerprint density at radius 2 is 2.31 bits per heavy atom. The normalized spacial score (nSPS) is 21.6. The second-order valence-electron chi connectivity index (χ2n) is 4.15. The maximum Gasteiger partial charge on any atom is 0.128 e. The number of hydrogen-bond acceptors (Lipinski definition) is 2. The van der Waals surface area contributed by atoms with Crippen molar-refractivity contribution in [1.82, 2.24) is 4.90 Å². The third-order valence-corrected chi connectivity index (χ3v) is 3.88. The number of halogens is 2. The van der Waals surface area contributed by atoms with E-state index in [1.807, 2.05) is 6.07 Å². The first-order valence-corrected chi connectivity index (χ1v) is 6.29. The predicted octanol–water partition coefficient (Wildman–Crippen LogP) is 2.54. The fourth-order valence-corrected chi connectivity index (χ4v) is 2.66. The summed E-state index contributed by atoms with van der Waals surface area (Å²) in [4.78, 5) is 2.14. The average Bonchev–Trinajstić information content (AvgIpc) is 2.71. The van der Waals surface area contributed by atoms with Gasteiger partial charge in [0.25, 0.3) is 0 Å². The fraction of sp³-hybridized carbons (Fsp3) is 0.500. The Balaban J connectivity index is 2.14. The molecule has 1 fully saturated rings. The summed E-state index contributed by atoms with van der Waals surface area (Å²) in [6, 6.07) is 5.20. The standard InChI is InChI=1S/C12H15BrFNO/c13-11-4-1-5-12(14)10(11)7-15-6-2-3-9(15)8-16/h1,4-5,9,16H,2-3,6-8H2/t9-/m1/s1. The lowest BCUT2D eigenvalue weighted by Crippen LogP contribution is -2.32. The largest absolute Gasteiger partial charge is 0.395 e. The zero-order valence-electron chi connectivity index (χ0n) is 9.00. The maximum atomic E-state index is 13.6. The van der Waals surface area contributed by atoms with Crippen LogP contribution in [0.4, 0.5) is 4.39 Å². The number of nitrogens with zero attached hydrogens (tertiary/aromatic N) is 1. The van der Waals surface area contributed by atoms with E-state index in [2.05, 4.69) is 20.8 Å². The molecular formula is C12H15BrFNO. The second-order valence-corrected chi connectivity index (χ2v) is 5.00. The van der Waals surface area contributed by atoms with Crippen molar-refractivity contribution in [3.05, 3.63) is 34.1 Å². The summed E-state index contributed by atoms with van der Waals surface area (Å²) in [6.45, 7) is 1.66. The van der Waals surface area contributed by atoms with Crippen molar-refractivity contribution in [1.29, 1.82) is 0 Å².